The maximum Gasteiger partial charge on any atom is 0.326 e. The third-order valence-electron chi connectivity index (χ3n) is 7.46. The monoisotopic (exact) mass is 663 g/mol. The third kappa shape index (κ3) is 6.60. The van der Waals surface area contributed by atoms with E-state index in [0.717, 1.165) is 26.8 Å². The fourth-order valence-corrected chi connectivity index (χ4v) is 8.43. The number of allylic oxidation sites excluding steroid dienone is 2. The number of anilines is 4. The molecule has 1 aromatic heterocycles. The number of para-hydroxylation sites is 2. The van der Waals surface area contributed by atoms with Crippen LogP contribution in [-0.2, 0) is 4.79 Å². The Bertz CT molecular complexity index is 1910. The molecule has 6 rings (SSSR count). The van der Waals surface area contributed by atoms with Crippen LogP contribution in [0.3, 0.4) is 0 Å². The minimum Gasteiger partial charge on any atom is -0.321 e. The van der Waals surface area contributed by atoms with Gasteiger partial charge in [0.2, 0.25) is 5.91 Å². The van der Waals surface area contributed by atoms with Gasteiger partial charge in [0.15, 0.2) is 0 Å². The molecule has 230 valence electrons. The van der Waals surface area contributed by atoms with Crippen LogP contribution in [0, 0.1) is 18.3 Å². The van der Waals surface area contributed by atoms with E-state index in [1.54, 1.807) is 42.6 Å². The molecule has 3 N–H and O–H groups in total. The van der Waals surface area contributed by atoms with Crippen LogP contribution in [0.5, 0.6) is 0 Å². The lowest BCUT2D eigenvalue weighted by Crippen LogP contribution is -2.49. The van der Waals surface area contributed by atoms with Crippen LogP contribution >= 0.6 is 34.9 Å². The van der Waals surface area contributed by atoms with Crippen molar-refractivity contribution < 1.29 is 14.4 Å². The SMILES string of the molecule is Cc1c(C(=O)Nc2ccccc2)sc(NC(=O)C(C)Sc2cccc(NC(=O)N3c4ccccc4SC4C=CC=CC43)c2)c1C#N. The zero-order valence-electron chi connectivity index (χ0n) is 24.9. The van der Waals surface area contributed by atoms with Crippen molar-refractivity contribution in [3.63, 3.8) is 0 Å². The summed E-state index contributed by atoms with van der Waals surface area (Å²) in [6.45, 7) is 3.47. The molecule has 1 aliphatic carbocycles. The van der Waals surface area contributed by atoms with Gasteiger partial charge in [0, 0.05) is 21.2 Å². The number of benzene rings is 3. The Morgan fingerprint density at radius 2 is 1.65 bits per heavy atom. The Labute approximate surface area is 279 Å². The van der Waals surface area contributed by atoms with E-state index in [-0.39, 0.29) is 34.7 Å². The van der Waals surface area contributed by atoms with Crippen molar-refractivity contribution in [2.45, 2.75) is 40.2 Å². The Kier molecular flexibility index (Phi) is 9.30. The summed E-state index contributed by atoms with van der Waals surface area (Å²) in [5.41, 5.74) is 2.89. The molecule has 0 radical (unpaired) electrons. The fourth-order valence-electron chi connectivity index (χ4n) is 5.19. The predicted molar refractivity (Wildman–Crippen MR) is 188 cm³/mol. The van der Waals surface area contributed by atoms with Gasteiger partial charge in [-0.2, -0.15) is 5.26 Å². The number of hydrogen-bond acceptors (Lipinski definition) is 7. The smallest absolute Gasteiger partial charge is 0.321 e. The number of urea groups is 1. The highest BCUT2D eigenvalue weighted by Gasteiger charge is 2.36. The van der Waals surface area contributed by atoms with E-state index in [9.17, 15) is 19.6 Å². The van der Waals surface area contributed by atoms with Crippen LogP contribution in [-0.4, -0.2) is 34.4 Å². The summed E-state index contributed by atoms with van der Waals surface area (Å²) in [6, 6.07) is 26.1. The molecule has 0 fully saturated rings. The van der Waals surface area contributed by atoms with Crippen LogP contribution in [0.15, 0.2) is 113 Å². The maximum atomic E-state index is 13.7. The van der Waals surface area contributed by atoms with Gasteiger partial charge in [-0.3, -0.25) is 14.5 Å². The molecule has 4 aromatic rings. The number of nitrogens with zero attached hydrogens (tertiary/aromatic N) is 2. The molecule has 3 unspecified atom stereocenters. The van der Waals surface area contributed by atoms with Crippen molar-refractivity contribution in [3.05, 3.63) is 119 Å². The number of nitriles is 1. The lowest BCUT2D eigenvalue weighted by molar-refractivity contribution is -0.115. The first-order valence-corrected chi connectivity index (χ1v) is 17.1. The predicted octanol–water partition coefficient (Wildman–Crippen LogP) is 8.31. The fraction of sp³-hybridized carbons (Fsp3) is 0.143. The summed E-state index contributed by atoms with van der Waals surface area (Å²) in [5, 5.41) is 18.5. The maximum absolute atomic E-state index is 13.7. The third-order valence-corrected chi connectivity index (χ3v) is 11.1. The summed E-state index contributed by atoms with van der Waals surface area (Å²) < 4.78 is 0. The number of rotatable bonds is 7. The number of fused-ring (bicyclic) bond motifs is 2. The topological polar surface area (TPSA) is 114 Å². The van der Waals surface area contributed by atoms with Crippen LogP contribution < -0.4 is 20.9 Å². The molecular formula is C35H29N5O3S3. The van der Waals surface area contributed by atoms with E-state index < -0.39 is 5.25 Å². The largest absolute Gasteiger partial charge is 0.326 e. The number of thiophene rings is 1. The molecule has 2 aliphatic rings. The molecule has 2 heterocycles. The van der Waals surface area contributed by atoms with Gasteiger partial charge < -0.3 is 16.0 Å². The van der Waals surface area contributed by atoms with Gasteiger partial charge in [0.05, 0.1) is 32.7 Å². The van der Waals surface area contributed by atoms with Crippen molar-refractivity contribution in [1.29, 1.82) is 5.26 Å². The summed E-state index contributed by atoms with van der Waals surface area (Å²) in [5.74, 6) is -0.650. The Morgan fingerprint density at radius 3 is 2.46 bits per heavy atom. The van der Waals surface area contributed by atoms with Crippen molar-refractivity contribution in [1.82, 2.24) is 0 Å². The van der Waals surface area contributed by atoms with Gasteiger partial charge in [-0.15, -0.1) is 34.9 Å². The second-order valence-corrected chi connectivity index (χ2v) is 14.2. The number of nitrogens with one attached hydrogen (secondary N) is 3. The minimum absolute atomic E-state index is 0.115. The zero-order valence-corrected chi connectivity index (χ0v) is 27.3. The first-order chi connectivity index (χ1) is 22.3. The molecule has 0 spiro atoms. The van der Waals surface area contributed by atoms with Crippen LogP contribution in [0.25, 0.3) is 0 Å². The lowest BCUT2D eigenvalue weighted by atomic mass is 10.1. The van der Waals surface area contributed by atoms with E-state index in [0.29, 0.717) is 26.8 Å². The number of carbonyl (C=O) groups excluding carboxylic acids is 3. The van der Waals surface area contributed by atoms with E-state index in [4.69, 9.17) is 0 Å². The highest BCUT2D eigenvalue weighted by Crippen LogP contribution is 2.44. The number of hydrogen-bond donors (Lipinski definition) is 3. The average molecular weight is 664 g/mol. The Hall–Kier alpha value is -4.76. The second-order valence-electron chi connectivity index (χ2n) is 10.6. The highest BCUT2D eigenvalue weighted by molar-refractivity contribution is 8.00. The molecule has 4 amide bonds. The Morgan fingerprint density at radius 1 is 0.913 bits per heavy atom. The first kappa shape index (κ1) is 31.2. The van der Waals surface area contributed by atoms with Gasteiger partial charge in [0.25, 0.3) is 5.91 Å². The molecule has 8 nitrogen and oxygen atoms in total. The number of amides is 4. The molecule has 0 saturated carbocycles. The van der Waals surface area contributed by atoms with Gasteiger partial charge >= 0.3 is 6.03 Å². The molecule has 3 atom stereocenters. The van der Waals surface area contributed by atoms with E-state index in [2.05, 4.69) is 28.1 Å². The highest BCUT2D eigenvalue weighted by atomic mass is 32.2. The first-order valence-electron chi connectivity index (χ1n) is 14.5. The van der Waals surface area contributed by atoms with Gasteiger partial charge in [-0.25, -0.2) is 4.79 Å². The molecule has 1 aliphatic heterocycles. The molecule has 46 heavy (non-hydrogen) atoms. The summed E-state index contributed by atoms with van der Waals surface area (Å²) in [6.07, 6.45) is 8.15. The van der Waals surface area contributed by atoms with Crippen LogP contribution in [0.2, 0.25) is 0 Å². The molecule has 0 saturated heterocycles. The van der Waals surface area contributed by atoms with Gasteiger partial charge in [0.1, 0.15) is 11.1 Å². The number of thioether (sulfide) groups is 2. The van der Waals surface area contributed by atoms with Crippen molar-refractivity contribution in [2.75, 3.05) is 20.9 Å². The second kappa shape index (κ2) is 13.7. The van der Waals surface area contributed by atoms with Gasteiger partial charge in [-0.1, -0.05) is 60.7 Å². The molecular weight excluding hydrogens is 635 g/mol. The quantitative estimate of drug-likeness (QED) is 0.171. The Balaban J connectivity index is 1.13. The van der Waals surface area contributed by atoms with Gasteiger partial charge in [-0.05, 0) is 61.9 Å². The normalized spacial score (nSPS) is 16.8. The molecule has 3 aromatic carbocycles. The number of carbonyl (C=O) groups is 3. The minimum atomic E-state index is -0.535. The van der Waals surface area contributed by atoms with E-state index in [1.807, 2.05) is 85.0 Å². The van der Waals surface area contributed by atoms with E-state index >= 15 is 0 Å². The summed E-state index contributed by atoms with van der Waals surface area (Å²) >= 11 is 4.16. The average Bonchev–Trinajstić information content (AvgIpc) is 3.38. The van der Waals surface area contributed by atoms with E-state index in [1.165, 1.54) is 11.8 Å². The van der Waals surface area contributed by atoms with Crippen molar-refractivity contribution in [3.8, 4) is 6.07 Å². The van der Waals surface area contributed by atoms with Crippen molar-refractivity contribution in [2.24, 2.45) is 0 Å². The zero-order chi connectivity index (χ0) is 32.2. The summed E-state index contributed by atoms with van der Waals surface area (Å²) in [7, 11) is 0. The molecule has 0 bridgehead atoms. The lowest BCUT2D eigenvalue weighted by Gasteiger charge is -2.40. The summed E-state index contributed by atoms with van der Waals surface area (Å²) in [4.78, 5) is 43.9. The molecule has 11 heteroatoms. The standard InChI is InChI=1S/C35H29N5O3S3/c1-21-26(20-36)34(46-31(21)33(42)37-23-11-4-3-5-12-23)39-32(41)22(2)44-25-14-10-13-24(19-25)38-35(43)40-27-15-6-8-17-29(27)45-30-18-9-7-16-28(30)40/h3-19,22,27,29H,1-2H3,(H,37,42)(H,38,43)(H,39,41). The van der Waals surface area contributed by atoms with Crippen molar-refractivity contribution >= 4 is 74.8 Å². The van der Waals surface area contributed by atoms with Crippen LogP contribution in [0.4, 0.5) is 26.9 Å². The van der Waals surface area contributed by atoms with Crippen LogP contribution in [0.1, 0.15) is 27.7 Å².